The molecule has 82 valence electrons. The van der Waals surface area contributed by atoms with Gasteiger partial charge in [0, 0.05) is 4.47 Å². The molecule has 15 heavy (non-hydrogen) atoms. The molecule has 0 aromatic heterocycles. The fourth-order valence-electron chi connectivity index (χ4n) is 0.992. The summed E-state index contributed by atoms with van der Waals surface area (Å²) >= 11 is 3.24. The lowest BCUT2D eigenvalue weighted by molar-refractivity contribution is -0.138. The summed E-state index contributed by atoms with van der Waals surface area (Å²) in [5.74, 6) is -0.655. The largest absolute Gasteiger partial charge is 0.491 e. The molecule has 0 saturated heterocycles. The molecule has 0 radical (unpaired) electrons. The standard InChI is InChI=1S/C10H10BrFO3/c11-7-2-1-3-9(4-7)15-6-8(12)5-10(13)14/h1-4,8H,5-6H2,(H,13,14). The van der Waals surface area contributed by atoms with E-state index in [1.54, 1.807) is 18.2 Å². The van der Waals surface area contributed by atoms with Crippen LogP contribution in [0.15, 0.2) is 28.7 Å². The highest BCUT2D eigenvalue weighted by Crippen LogP contribution is 2.18. The van der Waals surface area contributed by atoms with Crippen molar-refractivity contribution in [2.75, 3.05) is 6.61 Å². The molecule has 1 unspecified atom stereocenters. The maximum atomic E-state index is 12.9. The second-order valence-corrected chi connectivity index (χ2v) is 3.88. The van der Waals surface area contributed by atoms with Gasteiger partial charge in [0.25, 0.3) is 0 Å². The van der Waals surface area contributed by atoms with Gasteiger partial charge in [0.15, 0.2) is 0 Å². The molecule has 1 rings (SSSR count). The number of hydrogen-bond acceptors (Lipinski definition) is 2. The smallest absolute Gasteiger partial charge is 0.306 e. The number of halogens is 2. The van der Waals surface area contributed by atoms with E-state index in [9.17, 15) is 9.18 Å². The van der Waals surface area contributed by atoms with Crippen molar-refractivity contribution < 1.29 is 19.0 Å². The first-order valence-corrected chi connectivity index (χ1v) is 5.11. The first-order valence-electron chi connectivity index (χ1n) is 4.32. The van der Waals surface area contributed by atoms with E-state index in [0.29, 0.717) is 5.75 Å². The molecule has 0 saturated carbocycles. The minimum atomic E-state index is -1.48. The molecule has 3 nitrogen and oxygen atoms in total. The van der Waals surface area contributed by atoms with E-state index >= 15 is 0 Å². The Bertz CT molecular complexity index is 343. The molecule has 0 heterocycles. The predicted octanol–water partition coefficient (Wildman–Crippen LogP) is 2.64. The number of carbonyl (C=O) groups is 1. The van der Waals surface area contributed by atoms with Crippen molar-refractivity contribution in [3.05, 3.63) is 28.7 Å². The Kier molecular flexibility index (Phi) is 4.55. The van der Waals surface area contributed by atoms with Crippen molar-refractivity contribution in [2.24, 2.45) is 0 Å². The number of hydrogen-bond donors (Lipinski definition) is 1. The van der Waals surface area contributed by atoms with Gasteiger partial charge in [-0.3, -0.25) is 4.79 Å². The topological polar surface area (TPSA) is 46.5 Å². The predicted molar refractivity (Wildman–Crippen MR) is 56.8 cm³/mol. The number of benzene rings is 1. The Balaban J connectivity index is 2.40. The second kappa shape index (κ2) is 5.70. The monoisotopic (exact) mass is 276 g/mol. The quantitative estimate of drug-likeness (QED) is 0.900. The summed E-state index contributed by atoms with van der Waals surface area (Å²) in [5.41, 5.74) is 0. The second-order valence-electron chi connectivity index (χ2n) is 2.96. The van der Waals surface area contributed by atoms with Crippen LogP contribution in [0.25, 0.3) is 0 Å². The maximum Gasteiger partial charge on any atom is 0.306 e. The van der Waals surface area contributed by atoms with Gasteiger partial charge in [-0.1, -0.05) is 22.0 Å². The zero-order chi connectivity index (χ0) is 11.3. The van der Waals surface area contributed by atoms with Crippen molar-refractivity contribution >= 4 is 21.9 Å². The van der Waals surface area contributed by atoms with E-state index in [0.717, 1.165) is 4.47 Å². The molecule has 0 aliphatic rings. The molecular formula is C10H10BrFO3. The Morgan fingerprint density at radius 3 is 2.93 bits per heavy atom. The van der Waals surface area contributed by atoms with E-state index in [4.69, 9.17) is 9.84 Å². The number of carboxylic acid groups (broad SMARTS) is 1. The first-order chi connectivity index (χ1) is 7.08. The minimum absolute atomic E-state index is 0.247. The Labute approximate surface area is 95.0 Å². The number of aliphatic carboxylic acids is 1. The summed E-state index contributed by atoms with van der Waals surface area (Å²) in [6.45, 7) is -0.247. The average Bonchev–Trinajstić information content (AvgIpc) is 2.14. The molecule has 0 aliphatic heterocycles. The van der Waals surface area contributed by atoms with Gasteiger partial charge < -0.3 is 9.84 Å². The number of ether oxygens (including phenoxy) is 1. The molecule has 5 heteroatoms. The van der Waals surface area contributed by atoms with E-state index < -0.39 is 18.6 Å². The molecule has 0 amide bonds. The Hall–Kier alpha value is -1.10. The summed E-state index contributed by atoms with van der Waals surface area (Å²) < 4.78 is 18.8. The van der Waals surface area contributed by atoms with E-state index in [-0.39, 0.29) is 6.61 Å². The van der Waals surface area contributed by atoms with Gasteiger partial charge in [0.1, 0.15) is 18.5 Å². The zero-order valence-electron chi connectivity index (χ0n) is 7.82. The van der Waals surface area contributed by atoms with E-state index in [1.165, 1.54) is 0 Å². The van der Waals surface area contributed by atoms with Crippen molar-refractivity contribution in [1.29, 1.82) is 0 Å². The van der Waals surface area contributed by atoms with Crippen LogP contribution in [0.1, 0.15) is 6.42 Å². The third-order valence-corrected chi connectivity index (χ3v) is 2.12. The minimum Gasteiger partial charge on any atom is -0.491 e. The summed E-state index contributed by atoms with van der Waals surface area (Å²) in [5, 5.41) is 8.32. The molecule has 1 aromatic carbocycles. The summed E-state index contributed by atoms with van der Waals surface area (Å²) in [4.78, 5) is 10.2. The van der Waals surface area contributed by atoms with Gasteiger partial charge in [-0.05, 0) is 18.2 Å². The number of rotatable bonds is 5. The third kappa shape index (κ3) is 4.78. The number of carboxylic acids is 1. The normalized spacial score (nSPS) is 12.1. The van der Waals surface area contributed by atoms with Crippen LogP contribution < -0.4 is 4.74 Å². The van der Waals surface area contributed by atoms with Crippen LogP contribution in [0.5, 0.6) is 5.75 Å². The number of alkyl halides is 1. The lowest BCUT2D eigenvalue weighted by Crippen LogP contribution is -2.16. The summed E-state index contributed by atoms with van der Waals surface area (Å²) in [7, 11) is 0. The molecule has 1 N–H and O–H groups in total. The van der Waals surface area contributed by atoms with Gasteiger partial charge in [-0.15, -0.1) is 0 Å². The molecule has 0 fully saturated rings. The van der Waals surface area contributed by atoms with Crippen LogP contribution in [-0.2, 0) is 4.79 Å². The lowest BCUT2D eigenvalue weighted by atomic mass is 10.3. The molecule has 0 aliphatic carbocycles. The van der Waals surface area contributed by atoms with E-state index in [2.05, 4.69) is 15.9 Å². The molecule has 1 aromatic rings. The fraction of sp³-hybridized carbons (Fsp3) is 0.300. The van der Waals surface area contributed by atoms with Crippen molar-refractivity contribution in [3.63, 3.8) is 0 Å². The Morgan fingerprint density at radius 2 is 2.33 bits per heavy atom. The molecule has 0 bridgehead atoms. The van der Waals surface area contributed by atoms with Gasteiger partial charge in [0.2, 0.25) is 0 Å². The Morgan fingerprint density at radius 1 is 1.60 bits per heavy atom. The van der Waals surface area contributed by atoms with Crippen LogP contribution in [0, 0.1) is 0 Å². The third-order valence-electron chi connectivity index (χ3n) is 1.62. The fourth-order valence-corrected chi connectivity index (χ4v) is 1.37. The van der Waals surface area contributed by atoms with Gasteiger partial charge >= 0.3 is 5.97 Å². The van der Waals surface area contributed by atoms with Crippen LogP contribution in [0.2, 0.25) is 0 Å². The zero-order valence-corrected chi connectivity index (χ0v) is 9.41. The van der Waals surface area contributed by atoms with Gasteiger partial charge in [0.05, 0.1) is 6.42 Å². The summed E-state index contributed by atoms with van der Waals surface area (Å²) in [6, 6.07) is 6.94. The van der Waals surface area contributed by atoms with Crippen LogP contribution in [-0.4, -0.2) is 23.9 Å². The summed E-state index contributed by atoms with van der Waals surface area (Å²) in [6.07, 6.45) is -2.02. The van der Waals surface area contributed by atoms with Crippen molar-refractivity contribution in [2.45, 2.75) is 12.6 Å². The van der Waals surface area contributed by atoms with Crippen molar-refractivity contribution in [1.82, 2.24) is 0 Å². The first kappa shape index (κ1) is 12.0. The highest BCUT2D eigenvalue weighted by Gasteiger charge is 2.12. The molecule has 1 atom stereocenters. The lowest BCUT2D eigenvalue weighted by Gasteiger charge is -2.08. The van der Waals surface area contributed by atoms with Crippen LogP contribution in [0.4, 0.5) is 4.39 Å². The van der Waals surface area contributed by atoms with Crippen LogP contribution in [0.3, 0.4) is 0 Å². The van der Waals surface area contributed by atoms with E-state index in [1.807, 2.05) is 6.07 Å². The molecular weight excluding hydrogens is 267 g/mol. The van der Waals surface area contributed by atoms with Gasteiger partial charge in [-0.25, -0.2) is 4.39 Å². The maximum absolute atomic E-state index is 12.9. The highest BCUT2D eigenvalue weighted by atomic mass is 79.9. The molecule has 0 spiro atoms. The van der Waals surface area contributed by atoms with Gasteiger partial charge in [-0.2, -0.15) is 0 Å². The van der Waals surface area contributed by atoms with Crippen LogP contribution >= 0.6 is 15.9 Å². The highest BCUT2D eigenvalue weighted by molar-refractivity contribution is 9.10. The van der Waals surface area contributed by atoms with Crippen molar-refractivity contribution in [3.8, 4) is 5.75 Å². The average molecular weight is 277 g/mol. The SMILES string of the molecule is O=C(O)CC(F)COc1cccc(Br)c1.